The molecule has 7 nitrogen and oxygen atoms in total. The summed E-state index contributed by atoms with van der Waals surface area (Å²) in [5.41, 5.74) is 0.865. The first-order valence-corrected chi connectivity index (χ1v) is 8.14. The van der Waals surface area contributed by atoms with Crippen molar-refractivity contribution in [1.29, 1.82) is 0 Å². The molecule has 1 fully saturated rings. The molecule has 1 aliphatic heterocycles. The van der Waals surface area contributed by atoms with Gasteiger partial charge in [-0.1, -0.05) is 0 Å². The summed E-state index contributed by atoms with van der Waals surface area (Å²) in [4.78, 5) is 29.8. The zero-order valence-electron chi connectivity index (χ0n) is 13.7. The van der Waals surface area contributed by atoms with Crippen LogP contribution in [-0.4, -0.2) is 57.6 Å². The maximum absolute atomic E-state index is 12.4. The third kappa shape index (κ3) is 3.41. The van der Waals surface area contributed by atoms with Crippen LogP contribution in [0.3, 0.4) is 0 Å². The van der Waals surface area contributed by atoms with E-state index < -0.39 is 6.10 Å². The van der Waals surface area contributed by atoms with E-state index in [9.17, 15) is 14.7 Å². The van der Waals surface area contributed by atoms with Crippen molar-refractivity contribution in [2.45, 2.75) is 25.5 Å². The summed E-state index contributed by atoms with van der Waals surface area (Å²) in [6, 6.07) is 5.85. The fraction of sp³-hybridized carbons (Fsp3) is 0.471. The van der Waals surface area contributed by atoms with E-state index in [1.54, 1.807) is 18.1 Å². The van der Waals surface area contributed by atoms with E-state index >= 15 is 0 Å². The van der Waals surface area contributed by atoms with Crippen LogP contribution < -0.4 is 5.32 Å². The van der Waals surface area contributed by atoms with Crippen LogP contribution in [0.4, 0.5) is 0 Å². The monoisotopic (exact) mass is 330 g/mol. The van der Waals surface area contributed by atoms with E-state index in [0.717, 1.165) is 11.0 Å². The molecular formula is C17H22N4O3. The molecular weight excluding hydrogens is 308 g/mol. The Balaban J connectivity index is 1.57. The van der Waals surface area contributed by atoms with Gasteiger partial charge in [0.05, 0.1) is 6.10 Å². The fourth-order valence-corrected chi connectivity index (χ4v) is 3.17. The van der Waals surface area contributed by atoms with Crippen LogP contribution in [0.15, 0.2) is 30.6 Å². The number of aliphatic hydroxyl groups excluding tert-OH is 1. The lowest BCUT2D eigenvalue weighted by Gasteiger charge is -2.16. The molecule has 3 rings (SSSR count). The predicted octanol–water partition coefficient (Wildman–Crippen LogP) is 0.382. The van der Waals surface area contributed by atoms with Crippen LogP contribution >= 0.6 is 0 Å². The van der Waals surface area contributed by atoms with E-state index in [1.807, 2.05) is 29.0 Å². The van der Waals surface area contributed by atoms with E-state index in [1.165, 1.54) is 0 Å². The molecule has 0 bridgehead atoms. The number of rotatable bonds is 5. The Morgan fingerprint density at radius 2 is 2.21 bits per heavy atom. The van der Waals surface area contributed by atoms with Gasteiger partial charge in [-0.15, -0.1) is 0 Å². The number of aromatic nitrogens is 2. The molecule has 0 aromatic carbocycles. The van der Waals surface area contributed by atoms with Crippen LogP contribution in [0.2, 0.25) is 0 Å². The molecule has 2 aromatic heterocycles. The SMILES string of the molecule is CNC(=O)C[C@@H]1CN(C(=O)CCn2ccc3cccnc32)C[C@H]1O. The third-order valence-corrected chi connectivity index (χ3v) is 4.58. The molecule has 2 aromatic rings. The Labute approximate surface area is 140 Å². The maximum Gasteiger partial charge on any atom is 0.224 e. The fourth-order valence-electron chi connectivity index (χ4n) is 3.17. The first-order chi connectivity index (χ1) is 11.6. The molecule has 0 aliphatic carbocycles. The molecule has 24 heavy (non-hydrogen) atoms. The topological polar surface area (TPSA) is 87.5 Å². The Morgan fingerprint density at radius 1 is 1.38 bits per heavy atom. The summed E-state index contributed by atoms with van der Waals surface area (Å²) in [6.07, 6.45) is 3.62. The summed E-state index contributed by atoms with van der Waals surface area (Å²) >= 11 is 0. The first-order valence-electron chi connectivity index (χ1n) is 8.14. The third-order valence-electron chi connectivity index (χ3n) is 4.58. The molecule has 2 atom stereocenters. The standard InChI is InChI=1S/C17H22N4O3/c1-18-15(23)9-13-10-21(11-14(13)22)16(24)5-8-20-7-4-12-3-2-6-19-17(12)20/h2-4,6-7,13-14,22H,5,8-11H2,1H3,(H,18,23)/t13-,14-/m1/s1. The van der Waals surface area contributed by atoms with Crippen LogP contribution in [-0.2, 0) is 16.1 Å². The zero-order chi connectivity index (χ0) is 17.1. The van der Waals surface area contributed by atoms with Crippen molar-refractivity contribution in [2.24, 2.45) is 5.92 Å². The minimum atomic E-state index is -0.639. The largest absolute Gasteiger partial charge is 0.391 e. The van der Waals surface area contributed by atoms with Gasteiger partial charge in [-0.2, -0.15) is 0 Å². The summed E-state index contributed by atoms with van der Waals surface area (Å²) in [6.45, 7) is 1.27. The van der Waals surface area contributed by atoms with Crippen LogP contribution in [0.1, 0.15) is 12.8 Å². The van der Waals surface area contributed by atoms with Crippen molar-refractivity contribution >= 4 is 22.8 Å². The highest BCUT2D eigenvalue weighted by molar-refractivity contribution is 5.79. The Bertz CT molecular complexity index is 742. The van der Waals surface area contributed by atoms with Gasteiger partial charge in [0.1, 0.15) is 5.65 Å². The minimum Gasteiger partial charge on any atom is -0.391 e. The van der Waals surface area contributed by atoms with E-state index in [-0.39, 0.29) is 24.2 Å². The number of carbonyl (C=O) groups is 2. The number of β-amino-alcohol motifs (C(OH)–C–C–N with tert-alkyl or cyclic N) is 1. The highest BCUT2D eigenvalue weighted by Gasteiger charge is 2.34. The lowest BCUT2D eigenvalue weighted by Crippen LogP contribution is -2.30. The quantitative estimate of drug-likeness (QED) is 0.830. The number of nitrogens with zero attached hydrogens (tertiary/aromatic N) is 3. The second kappa shape index (κ2) is 7.00. The highest BCUT2D eigenvalue weighted by Crippen LogP contribution is 2.21. The van der Waals surface area contributed by atoms with Gasteiger partial charge in [-0.25, -0.2) is 4.98 Å². The van der Waals surface area contributed by atoms with Crippen molar-refractivity contribution in [2.75, 3.05) is 20.1 Å². The van der Waals surface area contributed by atoms with Crippen molar-refractivity contribution in [1.82, 2.24) is 19.8 Å². The van der Waals surface area contributed by atoms with Crippen molar-refractivity contribution < 1.29 is 14.7 Å². The molecule has 2 amide bonds. The number of hydrogen-bond donors (Lipinski definition) is 2. The van der Waals surface area contributed by atoms with Gasteiger partial charge in [0.25, 0.3) is 0 Å². The smallest absolute Gasteiger partial charge is 0.224 e. The van der Waals surface area contributed by atoms with Gasteiger partial charge in [-0.3, -0.25) is 9.59 Å². The summed E-state index contributed by atoms with van der Waals surface area (Å²) in [7, 11) is 1.57. The molecule has 2 N–H and O–H groups in total. The van der Waals surface area contributed by atoms with Gasteiger partial charge in [-0.05, 0) is 18.2 Å². The average molecular weight is 330 g/mol. The lowest BCUT2D eigenvalue weighted by molar-refractivity contribution is -0.131. The number of hydrogen-bond acceptors (Lipinski definition) is 4. The molecule has 0 unspecified atom stereocenters. The van der Waals surface area contributed by atoms with Gasteiger partial charge in [0.2, 0.25) is 11.8 Å². The lowest BCUT2D eigenvalue weighted by atomic mass is 10.0. The first kappa shape index (κ1) is 16.4. The molecule has 3 heterocycles. The minimum absolute atomic E-state index is 0.00811. The second-order valence-electron chi connectivity index (χ2n) is 6.18. The van der Waals surface area contributed by atoms with E-state index in [0.29, 0.717) is 26.1 Å². The average Bonchev–Trinajstić information content (AvgIpc) is 3.16. The normalized spacial score (nSPS) is 20.5. The van der Waals surface area contributed by atoms with Gasteiger partial charge in [0.15, 0.2) is 0 Å². The number of nitrogens with one attached hydrogen (secondary N) is 1. The summed E-state index contributed by atoms with van der Waals surface area (Å²) in [5.74, 6) is -0.313. The van der Waals surface area contributed by atoms with Crippen molar-refractivity contribution in [3.63, 3.8) is 0 Å². The molecule has 0 radical (unpaired) electrons. The van der Waals surface area contributed by atoms with Gasteiger partial charge in [0, 0.05) is 63.2 Å². The number of fused-ring (bicyclic) bond motifs is 1. The maximum atomic E-state index is 12.4. The number of aliphatic hydroxyl groups is 1. The van der Waals surface area contributed by atoms with Crippen LogP contribution in [0.25, 0.3) is 11.0 Å². The highest BCUT2D eigenvalue weighted by atomic mass is 16.3. The number of amides is 2. The Kier molecular flexibility index (Phi) is 4.80. The Hall–Kier alpha value is -2.41. The van der Waals surface area contributed by atoms with Crippen LogP contribution in [0, 0.1) is 5.92 Å². The zero-order valence-corrected chi connectivity index (χ0v) is 13.7. The van der Waals surface area contributed by atoms with Gasteiger partial charge < -0.3 is 19.9 Å². The number of aryl methyl sites for hydroxylation is 1. The second-order valence-corrected chi connectivity index (χ2v) is 6.18. The molecule has 1 aliphatic rings. The molecule has 0 saturated carbocycles. The predicted molar refractivity (Wildman–Crippen MR) is 89.1 cm³/mol. The molecule has 1 saturated heterocycles. The van der Waals surface area contributed by atoms with E-state index in [4.69, 9.17) is 0 Å². The summed E-state index contributed by atoms with van der Waals surface area (Å²) in [5, 5.41) is 13.7. The van der Waals surface area contributed by atoms with Gasteiger partial charge >= 0.3 is 0 Å². The number of carbonyl (C=O) groups excluding carboxylic acids is 2. The summed E-state index contributed by atoms with van der Waals surface area (Å²) < 4.78 is 1.96. The van der Waals surface area contributed by atoms with Crippen LogP contribution in [0.5, 0.6) is 0 Å². The Morgan fingerprint density at radius 3 is 3.00 bits per heavy atom. The molecule has 128 valence electrons. The van der Waals surface area contributed by atoms with E-state index in [2.05, 4.69) is 10.3 Å². The number of pyridine rings is 1. The molecule has 7 heteroatoms. The number of likely N-dealkylation sites (tertiary alicyclic amines) is 1. The van der Waals surface area contributed by atoms with Crippen molar-refractivity contribution in [3.8, 4) is 0 Å². The molecule has 0 spiro atoms. The van der Waals surface area contributed by atoms with Crippen molar-refractivity contribution in [3.05, 3.63) is 30.6 Å².